The van der Waals surface area contributed by atoms with Gasteiger partial charge in [0.25, 0.3) is 0 Å². The van der Waals surface area contributed by atoms with Crippen molar-refractivity contribution in [3.63, 3.8) is 0 Å². The molecule has 0 aliphatic heterocycles. The topological polar surface area (TPSA) is 40.1 Å². The molecule has 0 N–H and O–H groups in total. The molecule has 0 aliphatic rings. The van der Waals surface area contributed by atoms with Crippen LogP contribution in [0, 0.1) is 5.82 Å². The lowest BCUT2D eigenvalue weighted by Gasteiger charge is -1.95. The van der Waals surface area contributed by atoms with Gasteiger partial charge < -0.3 is 9.90 Å². The highest BCUT2D eigenvalue weighted by Crippen LogP contribution is 2.06. The second-order valence-electron chi connectivity index (χ2n) is 3.09. The number of carbonyl (C=O) groups excluding carboxylic acids is 1. The molecule has 0 fully saturated rings. The Labute approximate surface area is 87.4 Å². The molecule has 0 bridgehead atoms. The molecule has 0 radical (unpaired) electrons. The minimum absolute atomic E-state index is 0.297. The predicted octanol–water partition coefficient (Wildman–Crippen LogP) is 1.54. The summed E-state index contributed by atoms with van der Waals surface area (Å²) in [7, 11) is 0. The zero-order valence-electron chi connectivity index (χ0n) is 8.24. The van der Waals surface area contributed by atoms with E-state index in [1.807, 2.05) is 0 Å². The zero-order chi connectivity index (χ0) is 11.3. The summed E-state index contributed by atoms with van der Waals surface area (Å²) in [4.78, 5) is 10.2. The molecule has 1 aromatic carbocycles. The predicted molar refractivity (Wildman–Crippen MR) is 54.2 cm³/mol. The van der Waals surface area contributed by atoms with E-state index in [9.17, 15) is 14.3 Å². The number of allylic oxidation sites excluding steroid dienone is 2. The second-order valence-corrected chi connectivity index (χ2v) is 3.09. The molecule has 15 heavy (non-hydrogen) atoms. The van der Waals surface area contributed by atoms with E-state index >= 15 is 0 Å². The lowest BCUT2D eigenvalue weighted by Crippen LogP contribution is -2.19. The SMILES string of the molecule is CC(=CC(=O)[O-])/C=C/c1ccc(F)cc1. The van der Waals surface area contributed by atoms with Crippen molar-refractivity contribution in [2.45, 2.75) is 6.92 Å². The van der Waals surface area contributed by atoms with Gasteiger partial charge in [0.2, 0.25) is 0 Å². The highest BCUT2D eigenvalue weighted by molar-refractivity contribution is 5.79. The van der Waals surface area contributed by atoms with E-state index < -0.39 is 5.97 Å². The average Bonchev–Trinajstić information content (AvgIpc) is 2.16. The van der Waals surface area contributed by atoms with Crippen LogP contribution in [0.4, 0.5) is 4.39 Å². The van der Waals surface area contributed by atoms with Crippen LogP contribution in [-0.4, -0.2) is 5.97 Å². The third kappa shape index (κ3) is 4.22. The van der Waals surface area contributed by atoms with E-state index in [1.165, 1.54) is 12.1 Å². The minimum atomic E-state index is -1.23. The number of carbonyl (C=O) groups is 1. The third-order valence-electron chi connectivity index (χ3n) is 1.75. The molecule has 0 atom stereocenters. The largest absolute Gasteiger partial charge is 0.545 e. The van der Waals surface area contributed by atoms with E-state index in [0.717, 1.165) is 11.6 Å². The van der Waals surface area contributed by atoms with Gasteiger partial charge in [-0.3, -0.25) is 0 Å². The smallest absolute Gasteiger partial charge is 0.123 e. The van der Waals surface area contributed by atoms with Gasteiger partial charge in [-0.05, 0) is 36.3 Å². The first-order valence-electron chi connectivity index (χ1n) is 4.41. The molecule has 0 aromatic heterocycles. The first-order valence-corrected chi connectivity index (χ1v) is 4.41. The normalized spacial score (nSPS) is 12.0. The van der Waals surface area contributed by atoms with Crippen LogP contribution in [0.2, 0.25) is 0 Å². The summed E-state index contributed by atoms with van der Waals surface area (Å²) in [5, 5.41) is 10.2. The van der Waals surface area contributed by atoms with Crippen molar-refractivity contribution in [1.82, 2.24) is 0 Å². The van der Waals surface area contributed by atoms with Crippen LogP contribution < -0.4 is 5.11 Å². The monoisotopic (exact) mass is 205 g/mol. The van der Waals surface area contributed by atoms with Gasteiger partial charge in [-0.15, -0.1) is 0 Å². The van der Waals surface area contributed by atoms with Crippen molar-refractivity contribution in [3.05, 3.63) is 53.4 Å². The van der Waals surface area contributed by atoms with Crippen LogP contribution in [0.5, 0.6) is 0 Å². The highest BCUT2D eigenvalue weighted by Gasteiger charge is 1.89. The highest BCUT2D eigenvalue weighted by atomic mass is 19.1. The Morgan fingerprint density at radius 2 is 1.93 bits per heavy atom. The van der Waals surface area contributed by atoms with E-state index in [-0.39, 0.29) is 5.82 Å². The van der Waals surface area contributed by atoms with Gasteiger partial charge in [-0.1, -0.05) is 24.3 Å². The standard InChI is InChI=1S/C12H11FO2/c1-9(8-12(14)15)2-3-10-4-6-11(13)7-5-10/h2-8H,1H3,(H,14,15)/p-1/b3-2+,9-8?. The second kappa shape index (κ2) is 5.10. The summed E-state index contributed by atoms with van der Waals surface area (Å²) in [6.45, 7) is 1.65. The number of rotatable bonds is 3. The van der Waals surface area contributed by atoms with E-state index in [2.05, 4.69) is 0 Å². The molecule has 0 spiro atoms. The van der Waals surface area contributed by atoms with Crippen molar-refractivity contribution >= 4 is 12.0 Å². The third-order valence-corrected chi connectivity index (χ3v) is 1.75. The first-order chi connectivity index (χ1) is 7.08. The molecule has 0 aliphatic carbocycles. The maximum atomic E-state index is 12.5. The van der Waals surface area contributed by atoms with Crippen LogP contribution in [0.15, 0.2) is 42.0 Å². The molecule has 0 unspecified atom stereocenters. The summed E-state index contributed by atoms with van der Waals surface area (Å²) >= 11 is 0. The van der Waals surface area contributed by atoms with Gasteiger partial charge in [0.05, 0.1) is 5.97 Å². The van der Waals surface area contributed by atoms with Gasteiger partial charge in [0.1, 0.15) is 5.82 Å². The molecule has 78 valence electrons. The zero-order valence-corrected chi connectivity index (χ0v) is 8.24. The number of carboxylic acid groups (broad SMARTS) is 1. The minimum Gasteiger partial charge on any atom is -0.545 e. The maximum absolute atomic E-state index is 12.5. The molecule has 0 heterocycles. The summed E-state index contributed by atoms with van der Waals surface area (Å²) < 4.78 is 12.5. The maximum Gasteiger partial charge on any atom is 0.123 e. The van der Waals surface area contributed by atoms with Crippen molar-refractivity contribution < 1.29 is 14.3 Å². The fourth-order valence-corrected chi connectivity index (χ4v) is 1.04. The van der Waals surface area contributed by atoms with Crippen LogP contribution in [0.1, 0.15) is 12.5 Å². The van der Waals surface area contributed by atoms with Crippen LogP contribution in [0.3, 0.4) is 0 Å². The quantitative estimate of drug-likeness (QED) is 0.554. The van der Waals surface area contributed by atoms with E-state index in [1.54, 1.807) is 31.2 Å². The summed E-state index contributed by atoms with van der Waals surface area (Å²) in [6.07, 6.45) is 4.33. The molecular weight excluding hydrogens is 195 g/mol. The van der Waals surface area contributed by atoms with Crippen LogP contribution >= 0.6 is 0 Å². The fraction of sp³-hybridized carbons (Fsp3) is 0.0833. The number of carboxylic acids is 1. The van der Waals surface area contributed by atoms with Gasteiger partial charge in [-0.2, -0.15) is 0 Å². The van der Waals surface area contributed by atoms with Crippen molar-refractivity contribution in [2.24, 2.45) is 0 Å². The van der Waals surface area contributed by atoms with Gasteiger partial charge >= 0.3 is 0 Å². The lowest BCUT2D eigenvalue weighted by atomic mass is 10.1. The molecule has 1 rings (SSSR count). The molecule has 0 saturated carbocycles. The lowest BCUT2D eigenvalue weighted by molar-refractivity contribution is -0.297. The molecule has 0 saturated heterocycles. The number of halogens is 1. The number of hydrogen-bond acceptors (Lipinski definition) is 2. The van der Waals surface area contributed by atoms with Crippen LogP contribution in [0.25, 0.3) is 6.08 Å². The Hall–Kier alpha value is -1.90. The van der Waals surface area contributed by atoms with Crippen molar-refractivity contribution in [3.8, 4) is 0 Å². The average molecular weight is 205 g/mol. The Balaban J connectivity index is 2.73. The summed E-state index contributed by atoms with van der Waals surface area (Å²) in [5.74, 6) is -1.52. The Kier molecular flexibility index (Phi) is 3.80. The fourth-order valence-electron chi connectivity index (χ4n) is 1.04. The van der Waals surface area contributed by atoms with Crippen LogP contribution in [-0.2, 0) is 4.79 Å². The molecule has 0 amide bonds. The van der Waals surface area contributed by atoms with Gasteiger partial charge in [-0.25, -0.2) is 4.39 Å². The van der Waals surface area contributed by atoms with Crippen molar-refractivity contribution in [1.29, 1.82) is 0 Å². The Morgan fingerprint density at radius 3 is 2.47 bits per heavy atom. The van der Waals surface area contributed by atoms with Gasteiger partial charge in [0.15, 0.2) is 0 Å². The molecule has 1 aromatic rings. The van der Waals surface area contributed by atoms with Crippen molar-refractivity contribution in [2.75, 3.05) is 0 Å². The number of hydrogen-bond donors (Lipinski definition) is 0. The molecule has 3 heteroatoms. The number of aliphatic carboxylic acids is 1. The first kappa shape index (κ1) is 11.2. The Morgan fingerprint density at radius 1 is 1.33 bits per heavy atom. The summed E-state index contributed by atoms with van der Waals surface area (Å²) in [5.41, 5.74) is 1.38. The van der Waals surface area contributed by atoms with E-state index in [4.69, 9.17) is 0 Å². The Bertz CT molecular complexity index is 402. The number of benzene rings is 1. The summed E-state index contributed by atoms with van der Waals surface area (Å²) in [6, 6.07) is 5.91. The van der Waals surface area contributed by atoms with E-state index in [0.29, 0.717) is 5.57 Å². The molecule has 2 nitrogen and oxygen atoms in total. The van der Waals surface area contributed by atoms with Gasteiger partial charge in [0, 0.05) is 0 Å². The molecular formula is C12H10FO2-.